The second-order valence-corrected chi connectivity index (χ2v) is 6.78. The highest BCUT2D eigenvalue weighted by Crippen LogP contribution is 2.44. The summed E-state index contributed by atoms with van der Waals surface area (Å²) in [5, 5.41) is 13.6. The molecule has 7 nitrogen and oxygen atoms in total. The maximum Gasteiger partial charge on any atom is 0.419 e. The molecule has 2 aromatic rings. The number of amides is 1. The number of carboxylic acid groups (broad SMARTS) is 1. The number of carbonyl (C=O) groups is 1. The number of nitrogens with two attached hydrogens (primary N) is 1. The zero-order valence-electron chi connectivity index (χ0n) is 13.6. The molecule has 0 saturated carbocycles. The van der Waals surface area contributed by atoms with Crippen molar-refractivity contribution in [2.75, 3.05) is 18.8 Å². The largest absolute Gasteiger partial charge is 0.465 e. The van der Waals surface area contributed by atoms with Gasteiger partial charge in [0, 0.05) is 42.5 Å². The quantitative estimate of drug-likeness (QED) is 0.807. The summed E-state index contributed by atoms with van der Waals surface area (Å²) in [6.45, 7) is 1.43. The standard InChI is InChI=1S/C16H16F3N5O2/c17-16(18,19)10-5-9(7-21-13(10)20)11-6-12-15(2-4-24(12)22-11)1-3-23(8-15)14(25)26/h5-7H,1-4,8H2,(H2,20,21)(H,25,26)/t15-/m0/s1. The van der Waals surface area contributed by atoms with E-state index in [4.69, 9.17) is 5.73 Å². The highest BCUT2D eigenvalue weighted by molar-refractivity contribution is 5.66. The fraction of sp³-hybridized carbons (Fsp3) is 0.438. The molecule has 3 N–H and O–H groups in total. The SMILES string of the molecule is Nc1ncc(-c2cc3n(n2)CC[C@]32CCN(C(=O)O)C2)cc1C(F)(F)F. The molecule has 1 spiro atoms. The Morgan fingerprint density at radius 3 is 2.65 bits per heavy atom. The van der Waals surface area contributed by atoms with Gasteiger partial charge in [0.25, 0.3) is 0 Å². The number of hydrogen-bond acceptors (Lipinski definition) is 4. The number of nitrogens with zero attached hydrogens (tertiary/aromatic N) is 4. The van der Waals surface area contributed by atoms with Gasteiger partial charge in [-0.25, -0.2) is 9.78 Å². The number of aryl methyl sites for hydroxylation is 1. The molecule has 0 radical (unpaired) electrons. The Kier molecular flexibility index (Phi) is 3.44. The number of pyridine rings is 1. The molecule has 2 aliphatic heterocycles. The second-order valence-electron chi connectivity index (χ2n) is 6.78. The minimum atomic E-state index is -4.59. The van der Waals surface area contributed by atoms with Crippen LogP contribution in [0.25, 0.3) is 11.3 Å². The maximum atomic E-state index is 13.1. The molecule has 1 saturated heterocycles. The van der Waals surface area contributed by atoms with E-state index in [0.717, 1.165) is 18.2 Å². The Labute approximate surface area is 146 Å². The zero-order chi connectivity index (χ0) is 18.7. The molecular formula is C16H16F3N5O2. The van der Waals surface area contributed by atoms with Crippen LogP contribution in [0, 0.1) is 0 Å². The van der Waals surface area contributed by atoms with Gasteiger partial charge in [-0.05, 0) is 25.0 Å². The number of aromatic nitrogens is 3. The van der Waals surface area contributed by atoms with Crippen molar-refractivity contribution in [3.63, 3.8) is 0 Å². The summed E-state index contributed by atoms with van der Waals surface area (Å²) in [5.41, 5.74) is 5.51. The van der Waals surface area contributed by atoms with Crippen LogP contribution in [-0.4, -0.2) is 44.0 Å². The monoisotopic (exact) mass is 367 g/mol. The molecule has 26 heavy (non-hydrogen) atoms. The lowest BCUT2D eigenvalue weighted by atomic mass is 9.82. The number of nitrogen functional groups attached to an aromatic ring is 1. The van der Waals surface area contributed by atoms with Crippen molar-refractivity contribution >= 4 is 11.9 Å². The first kappa shape index (κ1) is 16.7. The van der Waals surface area contributed by atoms with Crippen LogP contribution in [0.15, 0.2) is 18.3 Å². The molecule has 1 fully saturated rings. The molecule has 2 aromatic heterocycles. The summed E-state index contributed by atoms with van der Waals surface area (Å²) in [7, 11) is 0. The molecule has 4 heterocycles. The van der Waals surface area contributed by atoms with Crippen molar-refractivity contribution in [2.24, 2.45) is 0 Å². The van der Waals surface area contributed by atoms with E-state index in [-0.39, 0.29) is 11.0 Å². The van der Waals surface area contributed by atoms with Crippen molar-refractivity contribution in [3.05, 3.63) is 29.6 Å². The van der Waals surface area contributed by atoms with E-state index in [2.05, 4.69) is 10.1 Å². The van der Waals surface area contributed by atoms with Crippen LogP contribution in [-0.2, 0) is 18.1 Å². The fourth-order valence-corrected chi connectivity index (χ4v) is 3.89. The summed E-state index contributed by atoms with van der Waals surface area (Å²) in [6, 6.07) is 2.69. The number of anilines is 1. The second kappa shape index (κ2) is 5.36. The predicted molar refractivity (Wildman–Crippen MR) is 85.4 cm³/mol. The molecule has 0 bridgehead atoms. The first-order valence-electron chi connectivity index (χ1n) is 8.09. The third-order valence-corrected chi connectivity index (χ3v) is 5.27. The summed E-state index contributed by atoms with van der Waals surface area (Å²) in [5.74, 6) is -0.572. The average molecular weight is 367 g/mol. The van der Waals surface area contributed by atoms with Gasteiger partial charge in [0.1, 0.15) is 5.82 Å². The van der Waals surface area contributed by atoms with E-state index in [1.165, 1.54) is 11.1 Å². The topological polar surface area (TPSA) is 97.3 Å². The van der Waals surface area contributed by atoms with Gasteiger partial charge in [-0.1, -0.05) is 0 Å². The van der Waals surface area contributed by atoms with Crippen LogP contribution in [0.5, 0.6) is 0 Å². The van der Waals surface area contributed by atoms with Gasteiger partial charge in [0.2, 0.25) is 0 Å². The van der Waals surface area contributed by atoms with Gasteiger partial charge in [-0.3, -0.25) is 4.68 Å². The van der Waals surface area contributed by atoms with Crippen LogP contribution < -0.4 is 5.73 Å². The number of hydrogen-bond donors (Lipinski definition) is 2. The summed E-state index contributed by atoms with van der Waals surface area (Å²) in [6.07, 6.45) is -2.83. The molecule has 1 atom stereocenters. The first-order chi connectivity index (χ1) is 12.2. The van der Waals surface area contributed by atoms with E-state index in [1.54, 1.807) is 10.7 Å². The summed E-state index contributed by atoms with van der Waals surface area (Å²) in [4.78, 5) is 16.2. The number of halogens is 3. The van der Waals surface area contributed by atoms with Crippen LogP contribution in [0.2, 0.25) is 0 Å². The predicted octanol–water partition coefficient (Wildman–Crippen LogP) is 2.57. The van der Waals surface area contributed by atoms with Gasteiger partial charge in [-0.2, -0.15) is 18.3 Å². The lowest BCUT2D eigenvalue weighted by Crippen LogP contribution is -2.32. The highest BCUT2D eigenvalue weighted by Gasteiger charge is 2.47. The van der Waals surface area contributed by atoms with Crippen LogP contribution >= 0.6 is 0 Å². The highest BCUT2D eigenvalue weighted by atomic mass is 19.4. The van der Waals surface area contributed by atoms with Gasteiger partial charge in [0.05, 0.1) is 11.3 Å². The smallest absolute Gasteiger partial charge is 0.419 e. The lowest BCUT2D eigenvalue weighted by Gasteiger charge is -2.22. The molecular weight excluding hydrogens is 351 g/mol. The van der Waals surface area contributed by atoms with E-state index in [9.17, 15) is 23.1 Å². The van der Waals surface area contributed by atoms with Crippen LogP contribution in [0.4, 0.5) is 23.8 Å². The normalized spacial score (nSPS) is 22.2. The molecule has 138 valence electrons. The fourth-order valence-electron chi connectivity index (χ4n) is 3.89. The molecule has 0 aromatic carbocycles. The lowest BCUT2D eigenvalue weighted by molar-refractivity contribution is -0.137. The van der Waals surface area contributed by atoms with Crippen molar-refractivity contribution in [2.45, 2.75) is 31.0 Å². The van der Waals surface area contributed by atoms with E-state index in [0.29, 0.717) is 31.7 Å². The molecule has 0 unspecified atom stereocenters. The summed E-state index contributed by atoms with van der Waals surface area (Å²) >= 11 is 0. The van der Waals surface area contributed by atoms with Gasteiger partial charge in [-0.15, -0.1) is 0 Å². The number of rotatable bonds is 1. The Morgan fingerprint density at radius 1 is 1.27 bits per heavy atom. The van der Waals surface area contributed by atoms with Crippen LogP contribution in [0.3, 0.4) is 0 Å². The molecule has 4 rings (SSSR count). The van der Waals surface area contributed by atoms with Crippen molar-refractivity contribution in [1.82, 2.24) is 19.7 Å². The zero-order valence-corrected chi connectivity index (χ0v) is 13.6. The Balaban J connectivity index is 1.71. The Bertz CT molecular complexity index is 894. The van der Waals surface area contributed by atoms with Crippen molar-refractivity contribution < 1.29 is 23.1 Å². The van der Waals surface area contributed by atoms with Crippen molar-refractivity contribution in [3.8, 4) is 11.3 Å². The molecule has 0 aliphatic carbocycles. The minimum Gasteiger partial charge on any atom is -0.465 e. The number of likely N-dealkylation sites (tertiary alicyclic amines) is 1. The maximum absolute atomic E-state index is 13.1. The molecule has 10 heteroatoms. The summed E-state index contributed by atoms with van der Waals surface area (Å²) < 4.78 is 40.9. The van der Waals surface area contributed by atoms with Gasteiger partial charge in [0.15, 0.2) is 0 Å². The van der Waals surface area contributed by atoms with Gasteiger partial charge >= 0.3 is 12.3 Å². The Hall–Kier alpha value is -2.78. The number of alkyl halides is 3. The Morgan fingerprint density at radius 2 is 2.00 bits per heavy atom. The third-order valence-electron chi connectivity index (χ3n) is 5.27. The van der Waals surface area contributed by atoms with E-state index < -0.39 is 23.7 Å². The van der Waals surface area contributed by atoms with E-state index >= 15 is 0 Å². The van der Waals surface area contributed by atoms with Crippen LogP contribution in [0.1, 0.15) is 24.1 Å². The number of fused-ring (bicyclic) bond motifs is 2. The van der Waals surface area contributed by atoms with Crippen molar-refractivity contribution in [1.29, 1.82) is 0 Å². The molecule has 2 aliphatic rings. The average Bonchev–Trinajstić information content (AvgIpc) is 3.24. The van der Waals surface area contributed by atoms with E-state index in [1.807, 2.05) is 0 Å². The third kappa shape index (κ3) is 2.47. The molecule has 1 amide bonds. The minimum absolute atomic E-state index is 0.233. The van der Waals surface area contributed by atoms with Gasteiger partial charge < -0.3 is 15.7 Å². The first-order valence-corrected chi connectivity index (χ1v) is 8.09.